The molecule has 0 bridgehead atoms. The van der Waals surface area contributed by atoms with Crippen LogP contribution in [0.15, 0.2) is 54.6 Å². The van der Waals surface area contributed by atoms with Crippen LogP contribution >= 0.6 is 0 Å². The van der Waals surface area contributed by atoms with Crippen LogP contribution in [0.1, 0.15) is 17.2 Å². The number of benzene rings is 2. The average Bonchev–Trinajstić information content (AvgIpc) is 2.52. The second-order valence-electron chi connectivity index (χ2n) is 5.37. The Labute approximate surface area is 127 Å². The van der Waals surface area contributed by atoms with Crippen LogP contribution in [0.2, 0.25) is 0 Å². The van der Waals surface area contributed by atoms with Crippen molar-refractivity contribution in [1.82, 2.24) is 10.2 Å². The SMILES string of the molecule is COc1cccc(CNCC(c2ccccc2)N(C)C)c1. The lowest BCUT2D eigenvalue weighted by Crippen LogP contribution is -2.30. The summed E-state index contributed by atoms with van der Waals surface area (Å²) >= 11 is 0. The van der Waals surface area contributed by atoms with Crippen molar-refractivity contribution in [3.63, 3.8) is 0 Å². The molecule has 112 valence electrons. The molecule has 1 N–H and O–H groups in total. The van der Waals surface area contributed by atoms with Crippen molar-refractivity contribution in [3.8, 4) is 5.75 Å². The predicted octanol–water partition coefficient (Wildman–Crippen LogP) is 3.09. The van der Waals surface area contributed by atoms with E-state index >= 15 is 0 Å². The quantitative estimate of drug-likeness (QED) is 0.845. The highest BCUT2D eigenvalue weighted by atomic mass is 16.5. The summed E-state index contributed by atoms with van der Waals surface area (Å²) in [5.74, 6) is 0.904. The van der Waals surface area contributed by atoms with Gasteiger partial charge in [0.25, 0.3) is 0 Å². The van der Waals surface area contributed by atoms with Gasteiger partial charge in [-0.05, 0) is 37.4 Å². The van der Waals surface area contributed by atoms with E-state index in [2.05, 4.69) is 66.8 Å². The number of likely N-dealkylation sites (N-methyl/N-ethyl adjacent to an activating group) is 1. The summed E-state index contributed by atoms with van der Waals surface area (Å²) in [4.78, 5) is 2.24. The molecule has 0 amide bonds. The first kappa shape index (κ1) is 15.5. The molecule has 2 rings (SSSR count). The molecule has 0 aromatic heterocycles. The van der Waals surface area contributed by atoms with Crippen LogP contribution in [0.4, 0.5) is 0 Å². The Morgan fingerprint density at radius 2 is 1.81 bits per heavy atom. The number of nitrogens with zero attached hydrogens (tertiary/aromatic N) is 1. The molecular formula is C18H24N2O. The zero-order valence-corrected chi connectivity index (χ0v) is 13.0. The van der Waals surface area contributed by atoms with E-state index < -0.39 is 0 Å². The van der Waals surface area contributed by atoms with Gasteiger partial charge in [-0.3, -0.25) is 0 Å². The molecule has 0 aliphatic carbocycles. The first-order valence-electron chi connectivity index (χ1n) is 7.25. The van der Waals surface area contributed by atoms with Crippen molar-refractivity contribution < 1.29 is 4.74 Å². The fraction of sp³-hybridized carbons (Fsp3) is 0.333. The van der Waals surface area contributed by atoms with E-state index in [0.717, 1.165) is 18.8 Å². The van der Waals surface area contributed by atoms with Gasteiger partial charge in [-0.25, -0.2) is 0 Å². The molecule has 2 aromatic carbocycles. The molecule has 2 aromatic rings. The first-order chi connectivity index (χ1) is 10.2. The molecule has 0 fully saturated rings. The van der Waals surface area contributed by atoms with Crippen molar-refractivity contribution in [2.24, 2.45) is 0 Å². The van der Waals surface area contributed by atoms with Crippen molar-refractivity contribution in [2.45, 2.75) is 12.6 Å². The van der Waals surface area contributed by atoms with Crippen molar-refractivity contribution in [1.29, 1.82) is 0 Å². The van der Waals surface area contributed by atoms with Crippen molar-refractivity contribution in [2.75, 3.05) is 27.7 Å². The molecule has 1 unspecified atom stereocenters. The normalized spacial score (nSPS) is 12.4. The Morgan fingerprint density at radius 3 is 2.48 bits per heavy atom. The third-order valence-corrected chi connectivity index (χ3v) is 3.61. The van der Waals surface area contributed by atoms with Crippen LogP contribution in [0.3, 0.4) is 0 Å². The lowest BCUT2D eigenvalue weighted by atomic mass is 10.1. The van der Waals surface area contributed by atoms with Gasteiger partial charge in [0.05, 0.1) is 7.11 Å². The van der Waals surface area contributed by atoms with E-state index in [0.29, 0.717) is 6.04 Å². The van der Waals surface area contributed by atoms with Crippen molar-refractivity contribution >= 4 is 0 Å². The fourth-order valence-electron chi connectivity index (χ4n) is 2.41. The molecule has 0 aliphatic heterocycles. The highest BCUT2D eigenvalue weighted by molar-refractivity contribution is 5.28. The van der Waals surface area contributed by atoms with Crippen LogP contribution in [0, 0.1) is 0 Å². The third kappa shape index (κ3) is 4.59. The van der Waals surface area contributed by atoms with Crippen LogP contribution < -0.4 is 10.1 Å². The van der Waals surface area contributed by atoms with Crippen LogP contribution in [0.25, 0.3) is 0 Å². The van der Waals surface area contributed by atoms with Gasteiger partial charge in [-0.2, -0.15) is 0 Å². The molecule has 0 heterocycles. The summed E-state index contributed by atoms with van der Waals surface area (Å²) in [5, 5.41) is 3.54. The molecule has 0 saturated carbocycles. The second kappa shape index (κ2) is 7.81. The maximum absolute atomic E-state index is 5.25. The number of rotatable bonds is 7. The monoisotopic (exact) mass is 284 g/mol. The van der Waals surface area contributed by atoms with Crippen LogP contribution in [-0.2, 0) is 6.54 Å². The summed E-state index contributed by atoms with van der Waals surface area (Å²) in [6.07, 6.45) is 0. The minimum atomic E-state index is 0.372. The molecule has 0 radical (unpaired) electrons. The molecule has 0 saturated heterocycles. The molecular weight excluding hydrogens is 260 g/mol. The molecule has 0 spiro atoms. The Bertz CT molecular complexity index is 540. The zero-order chi connectivity index (χ0) is 15.1. The topological polar surface area (TPSA) is 24.5 Å². The van der Waals surface area contributed by atoms with Gasteiger partial charge in [-0.15, -0.1) is 0 Å². The summed E-state index contributed by atoms with van der Waals surface area (Å²) in [6.45, 7) is 1.75. The molecule has 21 heavy (non-hydrogen) atoms. The molecule has 0 aliphatic rings. The Morgan fingerprint density at radius 1 is 1.05 bits per heavy atom. The summed E-state index contributed by atoms with van der Waals surface area (Å²) in [7, 11) is 5.93. The second-order valence-corrected chi connectivity index (χ2v) is 5.37. The maximum Gasteiger partial charge on any atom is 0.119 e. The van der Waals surface area contributed by atoms with Gasteiger partial charge in [0.2, 0.25) is 0 Å². The first-order valence-corrected chi connectivity index (χ1v) is 7.25. The third-order valence-electron chi connectivity index (χ3n) is 3.61. The highest BCUT2D eigenvalue weighted by Crippen LogP contribution is 2.17. The summed E-state index contributed by atoms with van der Waals surface area (Å²) in [6, 6.07) is 19.1. The largest absolute Gasteiger partial charge is 0.497 e. The molecule has 3 heteroatoms. The van der Waals surface area contributed by atoms with E-state index in [9.17, 15) is 0 Å². The van der Waals surface area contributed by atoms with E-state index in [1.807, 2.05) is 12.1 Å². The number of hydrogen-bond acceptors (Lipinski definition) is 3. The Hall–Kier alpha value is -1.84. The summed E-state index contributed by atoms with van der Waals surface area (Å²) < 4.78 is 5.25. The lowest BCUT2D eigenvalue weighted by Gasteiger charge is -2.25. The number of methoxy groups -OCH3 is 1. The average molecular weight is 284 g/mol. The van der Waals surface area contributed by atoms with E-state index in [4.69, 9.17) is 4.74 Å². The standard InChI is InChI=1S/C18H24N2O/c1-20(2)18(16-9-5-4-6-10-16)14-19-13-15-8-7-11-17(12-15)21-3/h4-12,18-19H,13-14H2,1-3H3. The smallest absolute Gasteiger partial charge is 0.119 e. The molecule has 3 nitrogen and oxygen atoms in total. The number of ether oxygens (including phenoxy) is 1. The van der Waals surface area contributed by atoms with Gasteiger partial charge in [-0.1, -0.05) is 42.5 Å². The Balaban J connectivity index is 1.93. The zero-order valence-electron chi connectivity index (χ0n) is 13.0. The summed E-state index contributed by atoms with van der Waals surface area (Å²) in [5.41, 5.74) is 2.57. The van der Waals surface area contributed by atoms with Crippen molar-refractivity contribution in [3.05, 3.63) is 65.7 Å². The highest BCUT2D eigenvalue weighted by Gasteiger charge is 2.12. The van der Waals surface area contributed by atoms with Crippen LogP contribution in [0.5, 0.6) is 5.75 Å². The van der Waals surface area contributed by atoms with E-state index in [1.165, 1.54) is 11.1 Å². The van der Waals surface area contributed by atoms with Crippen LogP contribution in [-0.4, -0.2) is 32.6 Å². The van der Waals surface area contributed by atoms with Gasteiger partial charge >= 0.3 is 0 Å². The van der Waals surface area contributed by atoms with Gasteiger partial charge < -0.3 is 15.0 Å². The number of hydrogen-bond donors (Lipinski definition) is 1. The predicted molar refractivity (Wildman–Crippen MR) is 87.6 cm³/mol. The minimum Gasteiger partial charge on any atom is -0.497 e. The van der Waals surface area contributed by atoms with E-state index in [-0.39, 0.29) is 0 Å². The van der Waals surface area contributed by atoms with Gasteiger partial charge in [0.1, 0.15) is 5.75 Å². The van der Waals surface area contributed by atoms with E-state index in [1.54, 1.807) is 7.11 Å². The fourth-order valence-corrected chi connectivity index (χ4v) is 2.41. The maximum atomic E-state index is 5.25. The Kier molecular flexibility index (Phi) is 5.78. The molecule has 1 atom stereocenters. The lowest BCUT2D eigenvalue weighted by molar-refractivity contribution is 0.288. The number of nitrogens with one attached hydrogen (secondary N) is 1. The van der Waals surface area contributed by atoms with Gasteiger partial charge in [0, 0.05) is 19.1 Å². The van der Waals surface area contributed by atoms with Gasteiger partial charge in [0.15, 0.2) is 0 Å². The minimum absolute atomic E-state index is 0.372.